The average Bonchev–Trinajstić information content (AvgIpc) is 2.16. The van der Waals surface area contributed by atoms with Crippen LogP contribution in [0.2, 0.25) is 0 Å². The Morgan fingerprint density at radius 2 is 2.50 bits per heavy atom. The number of hydrogen-bond donors (Lipinski definition) is 0. The van der Waals surface area contributed by atoms with Gasteiger partial charge in [0, 0.05) is 18.2 Å². The van der Waals surface area contributed by atoms with E-state index in [0.29, 0.717) is 17.7 Å². The lowest BCUT2D eigenvalue weighted by molar-refractivity contribution is 0.0987. The Labute approximate surface area is 71.9 Å². The van der Waals surface area contributed by atoms with E-state index in [0.717, 1.165) is 0 Å². The van der Waals surface area contributed by atoms with Gasteiger partial charge in [0.15, 0.2) is 5.78 Å². The third-order valence-electron chi connectivity index (χ3n) is 1.65. The van der Waals surface area contributed by atoms with Crippen molar-refractivity contribution in [1.29, 1.82) is 0 Å². The largest absolute Gasteiger partial charge is 0.294 e. The number of aromatic nitrogens is 1. The van der Waals surface area contributed by atoms with Crippen molar-refractivity contribution in [3.05, 3.63) is 36.2 Å². The van der Waals surface area contributed by atoms with Gasteiger partial charge in [-0.05, 0) is 18.2 Å². The maximum atomic E-state index is 11.3. The number of carbonyl (C=O) groups is 1. The van der Waals surface area contributed by atoms with Crippen molar-refractivity contribution < 1.29 is 4.79 Å². The van der Waals surface area contributed by atoms with E-state index in [9.17, 15) is 4.79 Å². The lowest BCUT2D eigenvalue weighted by Gasteiger charge is -2.00. The van der Waals surface area contributed by atoms with E-state index in [-0.39, 0.29) is 5.78 Å². The van der Waals surface area contributed by atoms with Crippen LogP contribution in [0.15, 0.2) is 24.9 Å². The van der Waals surface area contributed by atoms with Gasteiger partial charge in [-0.2, -0.15) is 0 Å². The summed E-state index contributed by atoms with van der Waals surface area (Å²) < 4.78 is 0. The smallest absolute Gasteiger partial charge is 0.164 e. The number of rotatable bonds is 3. The number of carbonyl (C=O) groups excluding carboxylic acids is 1. The van der Waals surface area contributed by atoms with Gasteiger partial charge in [-0.1, -0.05) is 13.5 Å². The highest BCUT2D eigenvalue weighted by Gasteiger charge is 2.06. The van der Waals surface area contributed by atoms with Gasteiger partial charge in [0.2, 0.25) is 0 Å². The summed E-state index contributed by atoms with van der Waals surface area (Å²) in [4.78, 5) is 15.3. The molecule has 1 aromatic heterocycles. The zero-order valence-electron chi connectivity index (χ0n) is 7.08. The van der Waals surface area contributed by atoms with E-state index in [1.165, 1.54) is 0 Å². The van der Waals surface area contributed by atoms with Crippen LogP contribution in [-0.4, -0.2) is 10.8 Å². The van der Waals surface area contributed by atoms with Crippen molar-refractivity contribution >= 4 is 11.9 Å². The summed E-state index contributed by atoms with van der Waals surface area (Å²) in [5, 5.41) is 0. The first-order valence-corrected chi connectivity index (χ1v) is 3.90. The molecule has 2 nitrogen and oxygen atoms in total. The van der Waals surface area contributed by atoms with E-state index < -0.39 is 0 Å². The summed E-state index contributed by atoms with van der Waals surface area (Å²) in [5.41, 5.74) is 1.33. The zero-order chi connectivity index (χ0) is 8.97. The Hall–Kier alpha value is -1.44. The zero-order valence-corrected chi connectivity index (χ0v) is 7.08. The van der Waals surface area contributed by atoms with Crippen LogP contribution in [0.5, 0.6) is 0 Å². The number of Topliss-reactive ketones (excluding diaryl/α,β-unsaturated/α-hetero) is 1. The molecule has 1 rings (SSSR count). The first kappa shape index (κ1) is 8.65. The Kier molecular flexibility index (Phi) is 2.75. The molecule has 0 unspecified atom stereocenters. The molecular weight excluding hydrogens is 150 g/mol. The van der Waals surface area contributed by atoms with Gasteiger partial charge >= 0.3 is 0 Å². The second-order valence-electron chi connectivity index (χ2n) is 2.42. The van der Waals surface area contributed by atoms with E-state index in [2.05, 4.69) is 11.6 Å². The monoisotopic (exact) mass is 161 g/mol. The summed E-state index contributed by atoms with van der Waals surface area (Å²) in [7, 11) is 0. The molecule has 0 amide bonds. The lowest BCUT2D eigenvalue weighted by atomic mass is 10.1. The Bertz CT molecular complexity index is 304. The second-order valence-corrected chi connectivity index (χ2v) is 2.42. The van der Waals surface area contributed by atoms with Gasteiger partial charge < -0.3 is 0 Å². The molecule has 12 heavy (non-hydrogen) atoms. The molecule has 0 atom stereocenters. The standard InChI is InChI=1S/C10H11NO/c1-3-9-8(10(12)4-2)6-5-7-11-9/h3,5-7H,1,4H2,2H3. The van der Waals surface area contributed by atoms with E-state index in [1.54, 1.807) is 24.4 Å². The lowest BCUT2D eigenvalue weighted by Crippen LogP contribution is -2.00. The molecule has 1 aromatic rings. The van der Waals surface area contributed by atoms with E-state index in [1.807, 2.05) is 6.92 Å². The number of ketones is 1. The van der Waals surface area contributed by atoms with Gasteiger partial charge in [0.05, 0.1) is 5.69 Å². The van der Waals surface area contributed by atoms with Gasteiger partial charge in [0.25, 0.3) is 0 Å². The summed E-state index contributed by atoms with van der Waals surface area (Å²) in [6.45, 7) is 5.43. The predicted octanol–water partition coefficient (Wildman–Crippen LogP) is 2.32. The summed E-state index contributed by atoms with van der Waals surface area (Å²) in [5.74, 6) is 0.109. The quantitative estimate of drug-likeness (QED) is 0.637. The Morgan fingerprint density at radius 1 is 1.75 bits per heavy atom. The SMILES string of the molecule is C=Cc1ncccc1C(=O)CC. The second kappa shape index (κ2) is 3.81. The number of hydrogen-bond acceptors (Lipinski definition) is 2. The fourth-order valence-electron chi connectivity index (χ4n) is 1.01. The molecule has 0 aromatic carbocycles. The van der Waals surface area contributed by atoms with E-state index >= 15 is 0 Å². The molecule has 0 N–H and O–H groups in total. The predicted molar refractivity (Wildman–Crippen MR) is 48.9 cm³/mol. The molecule has 0 aliphatic carbocycles. The van der Waals surface area contributed by atoms with Gasteiger partial charge in [-0.25, -0.2) is 0 Å². The first-order chi connectivity index (χ1) is 5.79. The van der Waals surface area contributed by atoms with Crippen LogP contribution < -0.4 is 0 Å². The minimum Gasteiger partial charge on any atom is -0.294 e. The number of nitrogens with zero attached hydrogens (tertiary/aromatic N) is 1. The minimum absolute atomic E-state index is 0.109. The average molecular weight is 161 g/mol. The first-order valence-electron chi connectivity index (χ1n) is 3.90. The van der Waals surface area contributed by atoms with Crippen molar-refractivity contribution in [1.82, 2.24) is 4.98 Å². The normalized spacial score (nSPS) is 9.42. The van der Waals surface area contributed by atoms with Gasteiger partial charge in [-0.3, -0.25) is 9.78 Å². The molecule has 0 fully saturated rings. The van der Waals surface area contributed by atoms with Crippen molar-refractivity contribution in [2.24, 2.45) is 0 Å². The molecule has 0 aliphatic rings. The van der Waals surface area contributed by atoms with Gasteiger partial charge in [-0.15, -0.1) is 0 Å². The Morgan fingerprint density at radius 3 is 3.08 bits per heavy atom. The van der Waals surface area contributed by atoms with Gasteiger partial charge in [0.1, 0.15) is 0 Å². The van der Waals surface area contributed by atoms with Crippen LogP contribution in [-0.2, 0) is 0 Å². The topological polar surface area (TPSA) is 30.0 Å². The highest BCUT2D eigenvalue weighted by molar-refractivity contribution is 5.98. The molecule has 0 aliphatic heterocycles. The molecule has 0 saturated heterocycles. The van der Waals surface area contributed by atoms with Crippen molar-refractivity contribution in [2.45, 2.75) is 13.3 Å². The van der Waals surface area contributed by atoms with Crippen LogP contribution in [0.4, 0.5) is 0 Å². The van der Waals surface area contributed by atoms with Crippen molar-refractivity contribution in [2.75, 3.05) is 0 Å². The molecule has 0 spiro atoms. The van der Waals surface area contributed by atoms with Crippen LogP contribution in [0.3, 0.4) is 0 Å². The van der Waals surface area contributed by atoms with E-state index in [4.69, 9.17) is 0 Å². The van der Waals surface area contributed by atoms with Crippen LogP contribution in [0, 0.1) is 0 Å². The third kappa shape index (κ3) is 1.59. The van der Waals surface area contributed by atoms with Crippen molar-refractivity contribution in [3.8, 4) is 0 Å². The highest BCUT2D eigenvalue weighted by atomic mass is 16.1. The van der Waals surface area contributed by atoms with Crippen molar-refractivity contribution in [3.63, 3.8) is 0 Å². The molecule has 2 heteroatoms. The summed E-state index contributed by atoms with van der Waals surface area (Å²) >= 11 is 0. The summed E-state index contributed by atoms with van der Waals surface area (Å²) in [6.07, 6.45) is 3.76. The third-order valence-corrected chi connectivity index (χ3v) is 1.65. The molecule has 62 valence electrons. The highest BCUT2D eigenvalue weighted by Crippen LogP contribution is 2.08. The molecular formula is C10H11NO. The van der Waals surface area contributed by atoms with Crippen LogP contribution in [0.1, 0.15) is 29.4 Å². The molecule has 1 heterocycles. The molecule has 0 radical (unpaired) electrons. The van der Waals surface area contributed by atoms with Crippen LogP contribution >= 0.6 is 0 Å². The maximum absolute atomic E-state index is 11.3. The Balaban J connectivity index is 3.13. The number of pyridine rings is 1. The summed E-state index contributed by atoms with van der Waals surface area (Å²) in [6, 6.07) is 3.53. The fraction of sp³-hybridized carbons (Fsp3) is 0.200. The molecule has 0 saturated carbocycles. The minimum atomic E-state index is 0.109. The fourth-order valence-corrected chi connectivity index (χ4v) is 1.01. The van der Waals surface area contributed by atoms with Crippen LogP contribution in [0.25, 0.3) is 6.08 Å². The maximum Gasteiger partial charge on any atom is 0.164 e. The molecule has 0 bridgehead atoms.